The Labute approximate surface area is 112 Å². The molecule has 0 radical (unpaired) electrons. The number of halogens is 3. The second-order valence-electron chi connectivity index (χ2n) is 3.76. The number of aryl methyl sites for hydroxylation is 1. The van der Waals surface area contributed by atoms with Crippen LogP contribution in [-0.4, -0.2) is 20.7 Å². The summed E-state index contributed by atoms with van der Waals surface area (Å²) in [6, 6.07) is 3.37. The van der Waals surface area contributed by atoms with Crippen molar-refractivity contribution in [2.24, 2.45) is 7.05 Å². The minimum Gasteiger partial charge on any atom is -0.345 e. The van der Waals surface area contributed by atoms with E-state index in [-0.39, 0.29) is 17.7 Å². The second-order valence-corrected chi connectivity index (χ2v) is 4.10. The Balaban J connectivity index is 2.02. The SMILES string of the molecule is Cn1nc(C(=O)NCc2ccc(F)c(F)c2)nc1Cl. The first-order valence-electron chi connectivity index (χ1n) is 5.26. The zero-order valence-corrected chi connectivity index (χ0v) is 10.6. The van der Waals surface area contributed by atoms with Crippen molar-refractivity contribution in [3.63, 3.8) is 0 Å². The van der Waals surface area contributed by atoms with E-state index in [9.17, 15) is 13.6 Å². The van der Waals surface area contributed by atoms with E-state index < -0.39 is 17.5 Å². The van der Waals surface area contributed by atoms with Crippen molar-refractivity contribution in [3.8, 4) is 0 Å². The van der Waals surface area contributed by atoms with Gasteiger partial charge >= 0.3 is 0 Å². The quantitative estimate of drug-likeness (QED) is 0.934. The number of hydrogen-bond donors (Lipinski definition) is 1. The highest BCUT2D eigenvalue weighted by Crippen LogP contribution is 2.09. The van der Waals surface area contributed by atoms with Crippen LogP contribution in [0.2, 0.25) is 5.28 Å². The van der Waals surface area contributed by atoms with Crippen LogP contribution in [0.5, 0.6) is 0 Å². The van der Waals surface area contributed by atoms with Crippen LogP contribution in [0.1, 0.15) is 16.2 Å². The summed E-state index contributed by atoms with van der Waals surface area (Å²) in [4.78, 5) is 15.4. The molecule has 2 rings (SSSR count). The molecule has 0 saturated heterocycles. The van der Waals surface area contributed by atoms with Gasteiger partial charge < -0.3 is 5.32 Å². The zero-order chi connectivity index (χ0) is 14.0. The van der Waals surface area contributed by atoms with Crippen molar-refractivity contribution in [1.82, 2.24) is 20.1 Å². The van der Waals surface area contributed by atoms with Gasteiger partial charge in [0.05, 0.1) is 0 Å². The van der Waals surface area contributed by atoms with Crippen LogP contribution in [0.3, 0.4) is 0 Å². The summed E-state index contributed by atoms with van der Waals surface area (Å²) in [7, 11) is 1.54. The Bertz CT molecular complexity index is 610. The van der Waals surface area contributed by atoms with Crippen LogP contribution in [0, 0.1) is 11.6 Å². The van der Waals surface area contributed by atoms with Crippen LogP contribution >= 0.6 is 11.6 Å². The normalized spacial score (nSPS) is 10.5. The molecule has 0 atom stereocenters. The minimum absolute atomic E-state index is 0.0336. The van der Waals surface area contributed by atoms with E-state index in [1.165, 1.54) is 10.7 Å². The minimum atomic E-state index is -0.967. The third-order valence-electron chi connectivity index (χ3n) is 2.35. The van der Waals surface area contributed by atoms with Crippen LogP contribution in [0.4, 0.5) is 8.78 Å². The van der Waals surface area contributed by atoms with Gasteiger partial charge in [0.25, 0.3) is 5.91 Å². The smallest absolute Gasteiger partial charge is 0.291 e. The lowest BCUT2D eigenvalue weighted by Crippen LogP contribution is -2.24. The molecule has 1 N–H and O–H groups in total. The first-order chi connectivity index (χ1) is 8.97. The Kier molecular flexibility index (Phi) is 3.75. The van der Waals surface area contributed by atoms with Gasteiger partial charge in [0, 0.05) is 13.6 Å². The van der Waals surface area contributed by atoms with E-state index in [0.717, 1.165) is 12.1 Å². The van der Waals surface area contributed by atoms with Gasteiger partial charge in [-0.15, -0.1) is 5.10 Å². The maximum Gasteiger partial charge on any atom is 0.291 e. The predicted octanol–water partition coefficient (Wildman–Crippen LogP) is 1.68. The van der Waals surface area contributed by atoms with E-state index in [1.54, 1.807) is 7.05 Å². The first kappa shape index (κ1) is 13.4. The highest BCUT2D eigenvalue weighted by atomic mass is 35.5. The molecular weight excluding hydrogens is 278 g/mol. The average Bonchev–Trinajstić information content (AvgIpc) is 2.71. The maximum atomic E-state index is 12.9. The van der Waals surface area contributed by atoms with E-state index >= 15 is 0 Å². The number of amides is 1. The number of aromatic nitrogens is 3. The molecule has 2 aromatic rings. The number of nitrogens with one attached hydrogen (secondary N) is 1. The van der Waals surface area contributed by atoms with E-state index in [2.05, 4.69) is 15.4 Å². The van der Waals surface area contributed by atoms with Gasteiger partial charge in [-0.05, 0) is 29.3 Å². The molecule has 0 aliphatic rings. The standard InChI is InChI=1S/C11H9ClF2N4O/c1-18-11(12)16-9(17-18)10(19)15-5-6-2-3-7(13)8(14)4-6/h2-4H,5H2,1H3,(H,15,19). The number of nitrogens with zero attached hydrogens (tertiary/aromatic N) is 3. The van der Waals surface area contributed by atoms with Gasteiger partial charge in [-0.25, -0.2) is 13.5 Å². The summed E-state index contributed by atoms with van der Waals surface area (Å²) in [5.41, 5.74) is 0.425. The highest BCUT2D eigenvalue weighted by molar-refractivity contribution is 6.28. The van der Waals surface area contributed by atoms with Crippen molar-refractivity contribution in [1.29, 1.82) is 0 Å². The van der Waals surface area contributed by atoms with Gasteiger partial charge in [-0.1, -0.05) is 6.07 Å². The Morgan fingerprint density at radius 1 is 1.42 bits per heavy atom. The van der Waals surface area contributed by atoms with E-state index in [0.29, 0.717) is 5.56 Å². The van der Waals surface area contributed by atoms with Crippen molar-refractivity contribution in [2.45, 2.75) is 6.54 Å². The summed E-state index contributed by atoms with van der Waals surface area (Å²) in [6.07, 6.45) is 0. The molecular formula is C11H9ClF2N4O. The van der Waals surface area contributed by atoms with E-state index in [1.807, 2.05) is 0 Å². The van der Waals surface area contributed by atoms with Gasteiger partial charge in [0.1, 0.15) is 0 Å². The van der Waals surface area contributed by atoms with Crippen molar-refractivity contribution in [2.75, 3.05) is 0 Å². The number of carbonyl (C=O) groups excluding carboxylic acids is 1. The van der Waals surface area contributed by atoms with Gasteiger partial charge in [0.2, 0.25) is 11.1 Å². The fourth-order valence-electron chi connectivity index (χ4n) is 1.37. The van der Waals surface area contributed by atoms with Gasteiger partial charge in [0.15, 0.2) is 11.6 Å². The second kappa shape index (κ2) is 5.31. The lowest BCUT2D eigenvalue weighted by Gasteiger charge is -2.03. The first-order valence-corrected chi connectivity index (χ1v) is 5.64. The average molecular weight is 287 g/mol. The van der Waals surface area contributed by atoms with Crippen LogP contribution in [-0.2, 0) is 13.6 Å². The zero-order valence-electron chi connectivity index (χ0n) is 9.82. The molecule has 0 unspecified atom stereocenters. The Morgan fingerprint density at radius 3 is 2.74 bits per heavy atom. The maximum absolute atomic E-state index is 12.9. The monoisotopic (exact) mass is 286 g/mol. The number of hydrogen-bond acceptors (Lipinski definition) is 3. The largest absolute Gasteiger partial charge is 0.345 e. The molecule has 19 heavy (non-hydrogen) atoms. The number of carbonyl (C=O) groups is 1. The highest BCUT2D eigenvalue weighted by Gasteiger charge is 2.13. The third-order valence-corrected chi connectivity index (χ3v) is 2.68. The molecule has 0 saturated carbocycles. The molecule has 1 aromatic heterocycles. The number of benzene rings is 1. The van der Waals surface area contributed by atoms with Gasteiger partial charge in [-0.2, -0.15) is 4.98 Å². The van der Waals surface area contributed by atoms with E-state index in [4.69, 9.17) is 11.6 Å². The summed E-state index contributed by atoms with van der Waals surface area (Å²) in [5, 5.41) is 6.34. The number of rotatable bonds is 3. The fraction of sp³-hybridized carbons (Fsp3) is 0.182. The van der Waals surface area contributed by atoms with Crippen LogP contribution < -0.4 is 5.32 Å². The summed E-state index contributed by atoms with van der Waals surface area (Å²) in [5.74, 6) is -2.54. The molecule has 0 fully saturated rings. The van der Waals surface area contributed by atoms with Crippen molar-refractivity contribution < 1.29 is 13.6 Å². The fourth-order valence-corrected chi connectivity index (χ4v) is 1.49. The Morgan fingerprint density at radius 2 is 2.16 bits per heavy atom. The lowest BCUT2D eigenvalue weighted by atomic mass is 10.2. The third kappa shape index (κ3) is 3.05. The van der Waals surface area contributed by atoms with Gasteiger partial charge in [-0.3, -0.25) is 4.79 Å². The molecule has 1 amide bonds. The van der Waals surface area contributed by atoms with Crippen molar-refractivity contribution >= 4 is 17.5 Å². The summed E-state index contributed by atoms with van der Waals surface area (Å²) in [6.45, 7) is 0.0336. The molecule has 0 aliphatic carbocycles. The molecule has 0 spiro atoms. The lowest BCUT2D eigenvalue weighted by molar-refractivity contribution is 0.0940. The van der Waals surface area contributed by atoms with Crippen molar-refractivity contribution in [3.05, 3.63) is 46.5 Å². The molecule has 0 bridgehead atoms. The summed E-state index contributed by atoms with van der Waals surface area (Å²) >= 11 is 5.65. The molecule has 5 nitrogen and oxygen atoms in total. The molecule has 8 heteroatoms. The summed E-state index contributed by atoms with van der Waals surface area (Å²) < 4.78 is 26.9. The Hall–Kier alpha value is -2.02. The topological polar surface area (TPSA) is 59.8 Å². The van der Waals surface area contributed by atoms with Crippen LogP contribution in [0.15, 0.2) is 18.2 Å². The molecule has 1 heterocycles. The predicted molar refractivity (Wildman–Crippen MR) is 63.5 cm³/mol. The molecule has 100 valence electrons. The molecule has 0 aliphatic heterocycles. The molecule has 1 aromatic carbocycles. The van der Waals surface area contributed by atoms with Crippen LogP contribution in [0.25, 0.3) is 0 Å².